The van der Waals surface area contributed by atoms with E-state index in [-0.39, 0.29) is 16.9 Å². The Labute approximate surface area is 155 Å². The first-order chi connectivity index (χ1) is 12.7. The molecule has 2 heterocycles. The first-order valence-electron chi connectivity index (χ1n) is 8.32. The van der Waals surface area contributed by atoms with E-state index in [2.05, 4.69) is 10.6 Å². The Balaban J connectivity index is 1.62. The summed E-state index contributed by atoms with van der Waals surface area (Å²) >= 11 is 1.07. The summed E-state index contributed by atoms with van der Waals surface area (Å²) in [5.74, 6) is 0.966. The molecule has 3 aromatic rings. The second kappa shape index (κ2) is 6.88. The number of aromatic nitrogens is 1. The van der Waals surface area contributed by atoms with Crippen molar-refractivity contribution in [3.8, 4) is 5.75 Å². The fraction of sp³-hybridized carbons (Fsp3) is 0.200. The van der Waals surface area contributed by atoms with Crippen LogP contribution in [0.5, 0.6) is 5.75 Å². The van der Waals surface area contributed by atoms with Crippen LogP contribution in [0.2, 0.25) is 0 Å². The third-order valence-corrected chi connectivity index (χ3v) is 5.44. The van der Waals surface area contributed by atoms with Gasteiger partial charge in [-0.05, 0) is 35.4 Å². The van der Waals surface area contributed by atoms with Crippen LogP contribution >= 0.6 is 11.8 Å². The van der Waals surface area contributed by atoms with Crippen LogP contribution in [0, 0.1) is 0 Å². The molecule has 2 aromatic carbocycles. The first-order valence-corrected chi connectivity index (χ1v) is 9.31. The lowest BCUT2D eigenvalue weighted by molar-refractivity contribution is -0.124. The number of rotatable bonds is 5. The molecule has 1 aromatic heterocycles. The molecule has 0 radical (unpaired) electrons. The molecule has 0 saturated carbocycles. The molecule has 1 aliphatic heterocycles. The summed E-state index contributed by atoms with van der Waals surface area (Å²) in [7, 11) is 1.66. The lowest BCUT2D eigenvalue weighted by Crippen LogP contribution is -2.27. The summed E-state index contributed by atoms with van der Waals surface area (Å²) < 4.78 is 7.37. The Kier molecular flexibility index (Phi) is 4.42. The highest BCUT2D eigenvalue weighted by Crippen LogP contribution is 2.26. The second-order valence-corrected chi connectivity index (χ2v) is 7.10. The SMILES string of the molecule is COc1ccc(Cn2ccc3c(CN4C(=O)CSC4=O)cccc32)cc1. The molecule has 4 rings (SSSR count). The molecule has 1 fully saturated rings. The number of carbonyl (C=O) groups excluding carboxylic acids is 2. The van der Waals surface area contributed by atoms with Gasteiger partial charge in [-0.3, -0.25) is 14.5 Å². The number of thioether (sulfide) groups is 1. The monoisotopic (exact) mass is 366 g/mol. The van der Waals surface area contributed by atoms with Gasteiger partial charge in [0.15, 0.2) is 0 Å². The van der Waals surface area contributed by atoms with Crippen LogP contribution in [0.25, 0.3) is 10.9 Å². The van der Waals surface area contributed by atoms with E-state index in [1.807, 2.05) is 48.7 Å². The normalized spacial score (nSPS) is 14.4. The van der Waals surface area contributed by atoms with E-state index < -0.39 is 0 Å². The highest BCUT2D eigenvalue weighted by Gasteiger charge is 2.30. The Bertz CT molecular complexity index is 962. The largest absolute Gasteiger partial charge is 0.497 e. The van der Waals surface area contributed by atoms with E-state index in [0.29, 0.717) is 6.54 Å². The van der Waals surface area contributed by atoms with Crippen LogP contribution in [-0.4, -0.2) is 33.5 Å². The summed E-state index contributed by atoms with van der Waals surface area (Å²) in [6.45, 7) is 1.07. The fourth-order valence-electron chi connectivity index (χ4n) is 3.19. The lowest BCUT2D eigenvalue weighted by Gasteiger charge is -2.14. The summed E-state index contributed by atoms with van der Waals surface area (Å²) in [6.07, 6.45) is 2.04. The molecule has 0 unspecified atom stereocenters. The number of carbonyl (C=O) groups is 2. The summed E-state index contributed by atoms with van der Waals surface area (Å²) in [5, 5.41) is 0.906. The van der Waals surface area contributed by atoms with Crippen molar-refractivity contribution in [2.45, 2.75) is 13.1 Å². The average molecular weight is 366 g/mol. The van der Waals surface area contributed by atoms with E-state index in [1.165, 1.54) is 10.5 Å². The van der Waals surface area contributed by atoms with Crippen LogP contribution in [0.4, 0.5) is 4.79 Å². The van der Waals surface area contributed by atoms with Crippen molar-refractivity contribution in [1.29, 1.82) is 0 Å². The van der Waals surface area contributed by atoms with Gasteiger partial charge in [0.05, 0.1) is 19.4 Å². The number of hydrogen-bond acceptors (Lipinski definition) is 4. The number of amides is 2. The van der Waals surface area contributed by atoms with Gasteiger partial charge in [0, 0.05) is 23.6 Å². The van der Waals surface area contributed by atoms with Gasteiger partial charge >= 0.3 is 0 Å². The number of imide groups is 1. The van der Waals surface area contributed by atoms with Crippen molar-refractivity contribution in [2.24, 2.45) is 0 Å². The van der Waals surface area contributed by atoms with E-state index >= 15 is 0 Å². The maximum Gasteiger partial charge on any atom is 0.289 e. The van der Waals surface area contributed by atoms with Crippen molar-refractivity contribution < 1.29 is 14.3 Å². The predicted octanol–water partition coefficient (Wildman–Crippen LogP) is 3.89. The van der Waals surface area contributed by atoms with Crippen LogP contribution in [-0.2, 0) is 17.9 Å². The topological polar surface area (TPSA) is 51.5 Å². The Morgan fingerprint density at radius 2 is 1.85 bits per heavy atom. The van der Waals surface area contributed by atoms with Gasteiger partial charge in [0.25, 0.3) is 5.24 Å². The third-order valence-electron chi connectivity index (χ3n) is 4.58. The second-order valence-electron chi connectivity index (χ2n) is 6.18. The third kappa shape index (κ3) is 3.08. The zero-order valence-electron chi connectivity index (χ0n) is 14.3. The summed E-state index contributed by atoms with van der Waals surface area (Å²) in [4.78, 5) is 25.1. The van der Waals surface area contributed by atoms with E-state index in [4.69, 9.17) is 4.74 Å². The lowest BCUT2D eigenvalue weighted by atomic mass is 10.1. The number of fused-ring (bicyclic) bond motifs is 1. The zero-order valence-corrected chi connectivity index (χ0v) is 15.2. The Hall–Kier alpha value is -2.73. The minimum Gasteiger partial charge on any atom is -0.497 e. The molecule has 0 atom stereocenters. The molecule has 2 amide bonds. The molecule has 1 aliphatic rings. The van der Waals surface area contributed by atoms with Crippen molar-refractivity contribution in [1.82, 2.24) is 9.47 Å². The van der Waals surface area contributed by atoms with Gasteiger partial charge in [0.1, 0.15) is 5.75 Å². The van der Waals surface area contributed by atoms with Gasteiger partial charge < -0.3 is 9.30 Å². The van der Waals surface area contributed by atoms with Crippen molar-refractivity contribution in [3.63, 3.8) is 0 Å². The van der Waals surface area contributed by atoms with Gasteiger partial charge in [-0.2, -0.15) is 0 Å². The smallest absolute Gasteiger partial charge is 0.289 e. The average Bonchev–Trinajstić information content (AvgIpc) is 3.21. The highest BCUT2D eigenvalue weighted by molar-refractivity contribution is 8.14. The van der Waals surface area contributed by atoms with Gasteiger partial charge in [0.2, 0.25) is 5.91 Å². The molecule has 1 saturated heterocycles. The number of hydrogen-bond donors (Lipinski definition) is 0. The Morgan fingerprint density at radius 3 is 2.54 bits per heavy atom. The highest BCUT2D eigenvalue weighted by atomic mass is 32.2. The van der Waals surface area contributed by atoms with E-state index in [9.17, 15) is 9.59 Å². The maximum absolute atomic E-state index is 11.9. The molecule has 26 heavy (non-hydrogen) atoms. The summed E-state index contributed by atoms with van der Waals surface area (Å²) in [6, 6.07) is 16.1. The van der Waals surface area contributed by atoms with Crippen molar-refractivity contribution >= 4 is 33.8 Å². The number of benzene rings is 2. The molecule has 0 N–H and O–H groups in total. The first kappa shape index (κ1) is 16.7. The van der Waals surface area contributed by atoms with Gasteiger partial charge in [-0.25, -0.2) is 0 Å². The number of ether oxygens (including phenoxy) is 1. The standard InChI is InChI=1S/C20H18N2O3S/c1-25-16-7-5-14(6-8-16)11-21-10-9-17-15(3-2-4-18(17)21)12-22-19(23)13-26-20(22)24/h2-10H,11-13H2,1H3. The van der Waals surface area contributed by atoms with Crippen LogP contribution in [0.15, 0.2) is 54.7 Å². The van der Waals surface area contributed by atoms with E-state index in [1.54, 1.807) is 7.11 Å². The number of nitrogens with zero attached hydrogens (tertiary/aromatic N) is 2. The molecule has 0 aliphatic carbocycles. The van der Waals surface area contributed by atoms with Gasteiger partial charge in [-0.15, -0.1) is 0 Å². The van der Waals surface area contributed by atoms with Crippen LogP contribution in [0.3, 0.4) is 0 Å². The zero-order chi connectivity index (χ0) is 18.1. The molecular formula is C20H18N2O3S. The maximum atomic E-state index is 11.9. The number of methoxy groups -OCH3 is 1. The summed E-state index contributed by atoms with van der Waals surface area (Å²) in [5.41, 5.74) is 3.25. The van der Waals surface area contributed by atoms with Crippen LogP contribution in [0.1, 0.15) is 11.1 Å². The predicted molar refractivity (Wildman–Crippen MR) is 102 cm³/mol. The Morgan fingerprint density at radius 1 is 1.04 bits per heavy atom. The van der Waals surface area contributed by atoms with E-state index in [0.717, 1.165) is 40.5 Å². The molecular weight excluding hydrogens is 348 g/mol. The minimum atomic E-state index is -0.162. The quantitative estimate of drug-likeness (QED) is 0.687. The van der Waals surface area contributed by atoms with Crippen molar-refractivity contribution in [2.75, 3.05) is 12.9 Å². The molecule has 6 heteroatoms. The minimum absolute atomic E-state index is 0.116. The van der Waals surface area contributed by atoms with Crippen LogP contribution < -0.4 is 4.74 Å². The van der Waals surface area contributed by atoms with Crippen molar-refractivity contribution in [3.05, 3.63) is 65.9 Å². The molecule has 132 valence electrons. The molecule has 0 bridgehead atoms. The fourth-order valence-corrected chi connectivity index (χ4v) is 3.92. The van der Waals surface area contributed by atoms with Gasteiger partial charge in [-0.1, -0.05) is 36.0 Å². The molecule has 0 spiro atoms. The molecule has 5 nitrogen and oxygen atoms in total.